The molecule has 3 N–H and O–H groups in total. The highest BCUT2D eigenvalue weighted by molar-refractivity contribution is 5.73. The van der Waals surface area contributed by atoms with Gasteiger partial charge in [0.15, 0.2) is 0 Å². The second-order valence-corrected chi connectivity index (χ2v) is 7.08. The van der Waals surface area contributed by atoms with Crippen LogP contribution in [0.25, 0.3) is 0 Å². The molecule has 1 saturated heterocycles. The van der Waals surface area contributed by atoms with E-state index in [9.17, 15) is 9.90 Å². The molecule has 0 aromatic heterocycles. The lowest BCUT2D eigenvalue weighted by atomic mass is 9.90. The highest BCUT2D eigenvalue weighted by atomic mass is 16.3. The molecule has 0 radical (unpaired) electrons. The van der Waals surface area contributed by atoms with Crippen molar-refractivity contribution in [3.05, 3.63) is 0 Å². The number of amides is 1. The molecular weight excluding hydrogens is 254 g/mol. The average molecular weight is 285 g/mol. The Labute approximate surface area is 123 Å². The molecule has 0 aromatic carbocycles. The van der Waals surface area contributed by atoms with Crippen molar-refractivity contribution in [3.8, 4) is 0 Å². The van der Waals surface area contributed by atoms with Gasteiger partial charge in [-0.2, -0.15) is 0 Å². The molecule has 0 aromatic rings. The highest BCUT2D eigenvalue weighted by Gasteiger charge is 2.31. The smallest absolute Gasteiger partial charge is 0.217 e. The van der Waals surface area contributed by atoms with E-state index < -0.39 is 5.60 Å². The van der Waals surface area contributed by atoms with Gasteiger partial charge < -0.3 is 20.6 Å². The summed E-state index contributed by atoms with van der Waals surface area (Å²) >= 11 is 0. The summed E-state index contributed by atoms with van der Waals surface area (Å²) in [5, 5.41) is 16.9. The average Bonchev–Trinajstić information content (AvgIpc) is 2.29. The Hall–Kier alpha value is -0.650. The van der Waals surface area contributed by atoms with Gasteiger partial charge in [-0.05, 0) is 47.1 Å². The van der Waals surface area contributed by atoms with Crippen molar-refractivity contribution in [1.29, 1.82) is 0 Å². The third-order valence-electron chi connectivity index (χ3n) is 4.03. The molecule has 118 valence electrons. The fourth-order valence-corrected chi connectivity index (χ4v) is 2.94. The van der Waals surface area contributed by atoms with Gasteiger partial charge in [0.2, 0.25) is 5.91 Å². The quantitative estimate of drug-likeness (QED) is 0.673. The molecule has 0 aliphatic carbocycles. The van der Waals surface area contributed by atoms with Crippen LogP contribution >= 0.6 is 0 Å². The fraction of sp³-hybridized carbons (Fsp3) is 0.933. The number of nitrogens with one attached hydrogen (secondary N) is 2. The largest absolute Gasteiger partial charge is 0.388 e. The van der Waals surface area contributed by atoms with Crippen LogP contribution < -0.4 is 10.6 Å². The van der Waals surface area contributed by atoms with E-state index in [4.69, 9.17) is 0 Å². The number of hydrogen-bond acceptors (Lipinski definition) is 4. The van der Waals surface area contributed by atoms with E-state index in [1.54, 1.807) is 6.92 Å². The lowest BCUT2D eigenvalue weighted by Crippen LogP contribution is -2.52. The third kappa shape index (κ3) is 6.20. The molecule has 20 heavy (non-hydrogen) atoms. The Morgan fingerprint density at radius 2 is 1.95 bits per heavy atom. The van der Waals surface area contributed by atoms with Crippen LogP contribution in [0.4, 0.5) is 0 Å². The van der Waals surface area contributed by atoms with E-state index >= 15 is 0 Å². The van der Waals surface area contributed by atoms with Gasteiger partial charge in [0.05, 0.1) is 5.60 Å². The molecule has 0 bridgehead atoms. The maximum atomic E-state index is 11.2. The third-order valence-corrected chi connectivity index (χ3v) is 4.03. The summed E-state index contributed by atoms with van der Waals surface area (Å²) in [6.45, 7) is 10.2. The van der Waals surface area contributed by atoms with Crippen LogP contribution in [0.1, 0.15) is 47.0 Å². The van der Waals surface area contributed by atoms with Crippen molar-refractivity contribution in [3.63, 3.8) is 0 Å². The Bertz CT molecular complexity index is 323. The molecule has 1 rings (SSSR count). The van der Waals surface area contributed by atoms with E-state index in [1.807, 2.05) is 13.8 Å². The zero-order valence-electron chi connectivity index (χ0n) is 13.6. The first kappa shape index (κ1) is 17.4. The monoisotopic (exact) mass is 285 g/mol. The van der Waals surface area contributed by atoms with Crippen LogP contribution in [0.2, 0.25) is 0 Å². The first-order valence-electron chi connectivity index (χ1n) is 7.55. The second kappa shape index (κ2) is 6.87. The van der Waals surface area contributed by atoms with Crippen LogP contribution in [0.15, 0.2) is 0 Å². The van der Waals surface area contributed by atoms with Crippen molar-refractivity contribution < 1.29 is 9.90 Å². The Balaban J connectivity index is 2.35. The molecule has 5 nitrogen and oxygen atoms in total. The van der Waals surface area contributed by atoms with Crippen molar-refractivity contribution in [2.24, 2.45) is 0 Å². The minimum absolute atomic E-state index is 0.00357. The predicted octanol–water partition coefficient (Wildman–Crippen LogP) is 0.726. The molecular formula is C15H31N3O2. The van der Waals surface area contributed by atoms with Crippen molar-refractivity contribution in [1.82, 2.24) is 15.5 Å². The van der Waals surface area contributed by atoms with Gasteiger partial charge in [0, 0.05) is 38.1 Å². The summed E-state index contributed by atoms with van der Waals surface area (Å²) < 4.78 is 0. The van der Waals surface area contributed by atoms with E-state index in [1.165, 1.54) is 0 Å². The number of carbonyl (C=O) groups is 1. The normalized spacial score (nSPS) is 21.5. The number of piperidine rings is 1. The fourth-order valence-electron chi connectivity index (χ4n) is 2.94. The minimum Gasteiger partial charge on any atom is -0.388 e. The van der Waals surface area contributed by atoms with Gasteiger partial charge in [-0.1, -0.05) is 0 Å². The van der Waals surface area contributed by atoms with Crippen LogP contribution in [0.3, 0.4) is 0 Å². The van der Waals surface area contributed by atoms with Crippen LogP contribution in [-0.4, -0.2) is 59.8 Å². The maximum absolute atomic E-state index is 11.2. The highest BCUT2D eigenvalue weighted by Crippen LogP contribution is 2.21. The summed E-state index contributed by atoms with van der Waals surface area (Å²) in [5.41, 5.74) is -0.813. The standard InChI is InChI=1S/C15H31N3O2/c1-12(10-14(3,4)17-13(2)19)16-11-15(20)6-8-18(5)9-7-15/h12,16,20H,6-11H2,1-5H3,(H,17,19)/t12-/m1/s1. The summed E-state index contributed by atoms with van der Waals surface area (Å²) in [7, 11) is 2.09. The topological polar surface area (TPSA) is 64.6 Å². The number of aliphatic hydroxyl groups is 1. The van der Waals surface area contributed by atoms with Gasteiger partial charge in [0.25, 0.3) is 0 Å². The summed E-state index contributed by atoms with van der Waals surface area (Å²) in [5.74, 6) is -0.00357. The van der Waals surface area contributed by atoms with Crippen LogP contribution in [0.5, 0.6) is 0 Å². The molecule has 1 atom stereocenters. The molecule has 1 aliphatic heterocycles. The first-order chi connectivity index (χ1) is 9.12. The van der Waals surface area contributed by atoms with Gasteiger partial charge in [-0.15, -0.1) is 0 Å². The van der Waals surface area contributed by atoms with Crippen molar-refractivity contribution in [2.75, 3.05) is 26.7 Å². The van der Waals surface area contributed by atoms with Crippen LogP contribution in [-0.2, 0) is 4.79 Å². The van der Waals surface area contributed by atoms with E-state index in [0.717, 1.165) is 32.4 Å². The lowest BCUT2D eigenvalue weighted by molar-refractivity contribution is -0.120. The summed E-state index contributed by atoms with van der Waals surface area (Å²) in [6, 6.07) is 0.250. The van der Waals surface area contributed by atoms with E-state index in [-0.39, 0.29) is 17.5 Å². The van der Waals surface area contributed by atoms with Crippen LogP contribution in [0, 0.1) is 0 Å². The van der Waals surface area contributed by atoms with Crippen molar-refractivity contribution >= 4 is 5.91 Å². The Morgan fingerprint density at radius 3 is 2.45 bits per heavy atom. The predicted molar refractivity (Wildman–Crippen MR) is 81.7 cm³/mol. The Morgan fingerprint density at radius 1 is 1.40 bits per heavy atom. The Kier molecular flexibility index (Phi) is 5.98. The maximum Gasteiger partial charge on any atom is 0.217 e. The molecule has 0 unspecified atom stereocenters. The zero-order chi connectivity index (χ0) is 15.4. The molecule has 5 heteroatoms. The minimum atomic E-state index is -0.584. The molecule has 0 spiro atoms. The first-order valence-corrected chi connectivity index (χ1v) is 7.55. The second-order valence-electron chi connectivity index (χ2n) is 7.08. The summed E-state index contributed by atoms with van der Waals surface area (Å²) in [6.07, 6.45) is 2.47. The lowest BCUT2D eigenvalue weighted by Gasteiger charge is -2.38. The molecule has 0 saturated carbocycles. The van der Waals surface area contributed by atoms with Crippen molar-refractivity contribution in [2.45, 2.75) is 64.1 Å². The zero-order valence-corrected chi connectivity index (χ0v) is 13.6. The number of nitrogens with zero attached hydrogens (tertiary/aromatic N) is 1. The molecule has 1 amide bonds. The number of likely N-dealkylation sites (tertiary alicyclic amines) is 1. The van der Waals surface area contributed by atoms with E-state index in [0.29, 0.717) is 6.54 Å². The molecule has 1 heterocycles. The van der Waals surface area contributed by atoms with E-state index in [2.05, 4.69) is 29.5 Å². The number of hydrogen-bond donors (Lipinski definition) is 3. The van der Waals surface area contributed by atoms with Gasteiger partial charge >= 0.3 is 0 Å². The van der Waals surface area contributed by atoms with Gasteiger partial charge in [-0.25, -0.2) is 0 Å². The number of carbonyl (C=O) groups excluding carboxylic acids is 1. The van der Waals surface area contributed by atoms with Gasteiger partial charge in [0.1, 0.15) is 0 Å². The molecule has 1 fully saturated rings. The van der Waals surface area contributed by atoms with Gasteiger partial charge in [-0.3, -0.25) is 4.79 Å². The summed E-state index contributed by atoms with van der Waals surface area (Å²) in [4.78, 5) is 13.4. The number of rotatable bonds is 6. The SMILES string of the molecule is CC(=O)NC(C)(C)C[C@@H](C)NCC1(O)CCN(C)CC1. The molecule has 1 aliphatic rings.